The molecular weight excluding hydrogens is 318 g/mol. The number of amides is 1. The molecule has 0 atom stereocenters. The van der Waals surface area contributed by atoms with Crippen molar-refractivity contribution in [3.05, 3.63) is 46.5 Å². The third kappa shape index (κ3) is 4.30. The Kier molecular flexibility index (Phi) is 5.66. The number of aliphatic carboxylic acids is 1. The van der Waals surface area contributed by atoms with Crippen molar-refractivity contribution in [2.24, 2.45) is 0 Å². The molecule has 0 aromatic heterocycles. The van der Waals surface area contributed by atoms with Crippen molar-refractivity contribution in [3.8, 4) is 12.3 Å². The third-order valence-corrected chi connectivity index (χ3v) is 4.21. The van der Waals surface area contributed by atoms with Crippen LogP contribution in [0.2, 0.25) is 0 Å². The molecule has 0 heterocycles. The highest BCUT2D eigenvalue weighted by Crippen LogP contribution is 2.41. The number of benzene rings is 1. The van der Waals surface area contributed by atoms with Crippen molar-refractivity contribution in [1.82, 2.24) is 5.32 Å². The molecule has 130 valence electrons. The molecule has 1 fully saturated rings. The monoisotopic (exact) mass is 339 g/mol. The number of carboxylic acids is 1. The van der Waals surface area contributed by atoms with Gasteiger partial charge in [0, 0.05) is 5.56 Å². The molecule has 1 aromatic rings. The first-order chi connectivity index (χ1) is 11.9. The molecule has 1 saturated carbocycles. The minimum absolute atomic E-state index is 0.287. The Morgan fingerprint density at radius 3 is 2.52 bits per heavy atom. The van der Waals surface area contributed by atoms with Crippen LogP contribution in [0.25, 0.3) is 11.3 Å². The Hall–Kier alpha value is -3.00. The smallest absolute Gasteiger partial charge is 0.322 e. The lowest BCUT2D eigenvalue weighted by Crippen LogP contribution is -2.30. The maximum atomic E-state index is 12.1. The Labute approximate surface area is 147 Å². The highest BCUT2D eigenvalue weighted by Gasteiger charge is 2.25. The number of allylic oxidation sites excluding steroid dienone is 2. The summed E-state index contributed by atoms with van der Waals surface area (Å²) < 4.78 is 0. The van der Waals surface area contributed by atoms with Gasteiger partial charge in [-0.25, -0.2) is 0 Å². The molecule has 1 amide bonds. The summed E-state index contributed by atoms with van der Waals surface area (Å²) in [7, 11) is 0. The number of carbonyl (C=O) groups excluding carboxylic acids is 1. The summed E-state index contributed by atoms with van der Waals surface area (Å²) in [6.07, 6.45) is 9.60. The van der Waals surface area contributed by atoms with E-state index < -0.39 is 18.4 Å². The number of hydrogen-bond donors (Lipinski definition) is 3. The second kappa shape index (κ2) is 7.71. The van der Waals surface area contributed by atoms with E-state index in [4.69, 9.17) is 11.5 Å². The summed E-state index contributed by atoms with van der Waals surface area (Å²) in [4.78, 5) is 22.7. The normalized spacial score (nSPS) is 15.2. The van der Waals surface area contributed by atoms with E-state index in [1.807, 2.05) is 32.1 Å². The Bertz CT molecular complexity index is 807. The highest BCUT2D eigenvalue weighted by molar-refractivity contribution is 6.05. The number of terminal acetylenes is 1. The fraction of sp³-hybridized carbons (Fsp3) is 0.300. The molecule has 1 aliphatic carbocycles. The Morgan fingerprint density at radius 1 is 1.32 bits per heavy atom. The SMILES string of the molecule is C#C/C(C(=O)NCC(=O)O)=C(/O)c1ccc(C2CC2)cc1/C(C)=C\C. The Morgan fingerprint density at radius 2 is 2.00 bits per heavy atom. The van der Waals surface area contributed by atoms with Crippen molar-refractivity contribution in [1.29, 1.82) is 0 Å². The summed E-state index contributed by atoms with van der Waals surface area (Å²) >= 11 is 0. The van der Waals surface area contributed by atoms with E-state index in [1.54, 1.807) is 6.07 Å². The van der Waals surface area contributed by atoms with Crippen molar-refractivity contribution in [2.75, 3.05) is 6.54 Å². The molecule has 0 unspecified atom stereocenters. The molecule has 3 N–H and O–H groups in total. The van der Waals surface area contributed by atoms with Crippen molar-refractivity contribution < 1.29 is 19.8 Å². The second-order valence-corrected chi connectivity index (χ2v) is 6.00. The molecule has 2 rings (SSSR count). The lowest BCUT2D eigenvalue weighted by Gasteiger charge is -2.13. The summed E-state index contributed by atoms with van der Waals surface area (Å²) in [6.45, 7) is 3.24. The number of aliphatic hydroxyl groups is 1. The maximum Gasteiger partial charge on any atom is 0.322 e. The molecule has 0 saturated heterocycles. The van der Waals surface area contributed by atoms with Gasteiger partial charge in [-0.3, -0.25) is 9.59 Å². The van der Waals surface area contributed by atoms with Crippen LogP contribution < -0.4 is 5.32 Å². The predicted molar refractivity (Wildman–Crippen MR) is 96.8 cm³/mol. The average molecular weight is 339 g/mol. The molecular formula is C20H21NO4. The minimum atomic E-state index is -1.19. The summed E-state index contributed by atoms with van der Waals surface area (Å²) in [6, 6.07) is 5.70. The number of hydrogen-bond acceptors (Lipinski definition) is 3. The van der Waals surface area contributed by atoms with Gasteiger partial charge >= 0.3 is 5.97 Å². The van der Waals surface area contributed by atoms with Gasteiger partial charge in [-0.2, -0.15) is 0 Å². The minimum Gasteiger partial charge on any atom is -0.506 e. The van der Waals surface area contributed by atoms with E-state index in [2.05, 4.69) is 11.2 Å². The van der Waals surface area contributed by atoms with Crippen LogP contribution in [0.4, 0.5) is 0 Å². The number of carbonyl (C=O) groups is 2. The first kappa shape index (κ1) is 18.3. The first-order valence-corrected chi connectivity index (χ1v) is 8.06. The fourth-order valence-corrected chi connectivity index (χ4v) is 2.54. The average Bonchev–Trinajstić information content (AvgIpc) is 3.44. The maximum absolute atomic E-state index is 12.1. The molecule has 25 heavy (non-hydrogen) atoms. The zero-order chi connectivity index (χ0) is 18.6. The molecule has 5 nitrogen and oxygen atoms in total. The molecule has 0 aliphatic heterocycles. The van der Waals surface area contributed by atoms with E-state index in [9.17, 15) is 14.7 Å². The zero-order valence-electron chi connectivity index (χ0n) is 14.3. The molecule has 0 radical (unpaired) electrons. The van der Waals surface area contributed by atoms with Gasteiger partial charge in [-0.15, -0.1) is 6.42 Å². The molecule has 0 spiro atoms. The van der Waals surface area contributed by atoms with E-state index in [0.29, 0.717) is 11.5 Å². The van der Waals surface area contributed by atoms with E-state index in [1.165, 1.54) is 5.56 Å². The summed E-state index contributed by atoms with van der Waals surface area (Å²) in [5.74, 6) is 0.399. The van der Waals surface area contributed by atoms with Gasteiger partial charge in [0.25, 0.3) is 5.91 Å². The van der Waals surface area contributed by atoms with Gasteiger partial charge in [-0.1, -0.05) is 30.2 Å². The topological polar surface area (TPSA) is 86.6 Å². The van der Waals surface area contributed by atoms with E-state index in [-0.39, 0.29) is 11.3 Å². The van der Waals surface area contributed by atoms with Crippen LogP contribution in [0.5, 0.6) is 0 Å². The van der Waals surface area contributed by atoms with Crippen LogP contribution in [0.1, 0.15) is 49.3 Å². The second-order valence-electron chi connectivity index (χ2n) is 6.00. The van der Waals surface area contributed by atoms with Gasteiger partial charge in [0.1, 0.15) is 17.9 Å². The van der Waals surface area contributed by atoms with Crippen LogP contribution in [0, 0.1) is 12.3 Å². The van der Waals surface area contributed by atoms with Gasteiger partial charge in [-0.05, 0) is 49.3 Å². The number of carboxylic acid groups (broad SMARTS) is 1. The standard InChI is InChI=1S/C20H21NO4/c1-4-12(3)17-10-14(13-6-7-13)8-9-16(17)19(24)15(5-2)20(25)21-11-18(22)23/h2,4,8-10,13,24H,6-7,11H2,1,3H3,(H,21,25)(H,22,23)/b12-4-,19-15-. The fourth-order valence-electron chi connectivity index (χ4n) is 2.54. The molecule has 0 bridgehead atoms. The van der Waals surface area contributed by atoms with Gasteiger partial charge in [0.2, 0.25) is 0 Å². The number of rotatable bonds is 6. The summed E-state index contributed by atoms with van der Waals surface area (Å²) in [5, 5.41) is 21.4. The van der Waals surface area contributed by atoms with Crippen LogP contribution in [-0.4, -0.2) is 28.6 Å². The summed E-state index contributed by atoms with van der Waals surface area (Å²) in [5.41, 5.74) is 3.13. The Balaban J connectivity index is 2.48. The van der Waals surface area contributed by atoms with Crippen LogP contribution >= 0.6 is 0 Å². The van der Waals surface area contributed by atoms with Gasteiger partial charge < -0.3 is 15.5 Å². The lowest BCUT2D eigenvalue weighted by molar-refractivity contribution is -0.137. The largest absolute Gasteiger partial charge is 0.506 e. The van der Waals surface area contributed by atoms with Crippen molar-refractivity contribution in [3.63, 3.8) is 0 Å². The molecule has 5 heteroatoms. The van der Waals surface area contributed by atoms with Crippen molar-refractivity contribution in [2.45, 2.75) is 32.6 Å². The van der Waals surface area contributed by atoms with Gasteiger partial charge in [0.05, 0.1) is 0 Å². The van der Waals surface area contributed by atoms with Crippen molar-refractivity contribution >= 4 is 23.2 Å². The third-order valence-electron chi connectivity index (χ3n) is 4.21. The van der Waals surface area contributed by atoms with Crippen LogP contribution in [0.3, 0.4) is 0 Å². The number of aliphatic hydroxyl groups excluding tert-OH is 1. The quantitative estimate of drug-likeness (QED) is 0.422. The van der Waals surface area contributed by atoms with Gasteiger partial charge in [0.15, 0.2) is 0 Å². The molecule has 1 aromatic carbocycles. The lowest BCUT2D eigenvalue weighted by atomic mass is 9.93. The van der Waals surface area contributed by atoms with Crippen LogP contribution in [-0.2, 0) is 9.59 Å². The first-order valence-electron chi connectivity index (χ1n) is 8.06. The molecule has 1 aliphatic rings. The zero-order valence-corrected chi connectivity index (χ0v) is 14.3. The van der Waals surface area contributed by atoms with E-state index >= 15 is 0 Å². The predicted octanol–water partition coefficient (Wildman–Crippen LogP) is 3.09. The van der Waals surface area contributed by atoms with E-state index in [0.717, 1.165) is 24.0 Å². The highest BCUT2D eigenvalue weighted by atomic mass is 16.4. The van der Waals surface area contributed by atoms with Crippen LogP contribution in [0.15, 0.2) is 29.8 Å². The number of nitrogens with one attached hydrogen (secondary N) is 1.